The number of hydrogen-bond acceptors (Lipinski definition) is 2. The maximum absolute atomic E-state index is 10.4. The fraction of sp³-hybridized carbons (Fsp3) is 0.900. The van der Waals surface area contributed by atoms with Gasteiger partial charge in [-0.25, -0.2) is 0 Å². The summed E-state index contributed by atoms with van der Waals surface area (Å²) in [7, 11) is 0. The SMILES string of the molecule is CC[N+]1(CCCC(=O)O)CCOCC1. The quantitative estimate of drug-likeness (QED) is 0.668. The summed E-state index contributed by atoms with van der Waals surface area (Å²) in [5, 5.41) is 8.57. The summed E-state index contributed by atoms with van der Waals surface area (Å²) in [6.45, 7) is 7.95. The van der Waals surface area contributed by atoms with Gasteiger partial charge in [-0.05, 0) is 6.92 Å². The first-order valence-corrected chi connectivity index (χ1v) is 5.33. The summed E-state index contributed by atoms with van der Waals surface area (Å²) < 4.78 is 6.36. The van der Waals surface area contributed by atoms with Crippen LogP contribution in [0.4, 0.5) is 0 Å². The summed E-state index contributed by atoms with van der Waals surface area (Å²) in [5.41, 5.74) is 0. The summed E-state index contributed by atoms with van der Waals surface area (Å²) >= 11 is 0. The predicted octanol–water partition coefficient (Wildman–Crippen LogP) is 0.718. The molecule has 82 valence electrons. The molecule has 0 aromatic carbocycles. The van der Waals surface area contributed by atoms with Gasteiger partial charge in [0.2, 0.25) is 0 Å². The Morgan fingerprint density at radius 2 is 2.07 bits per heavy atom. The number of nitrogens with zero attached hydrogens (tertiary/aromatic N) is 1. The van der Waals surface area contributed by atoms with E-state index in [2.05, 4.69) is 6.92 Å². The van der Waals surface area contributed by atoms with Gasteiger partial charge in [0.15, 0.2) is 0 Å². The van der Waals surface area contributed by atoms with Crippen molar-refractivity contribution in [3.05, 3.63) is 0 Å². The highest BCUT2D eigenvalue weighted by molar-refractivity contribution is 5.66. The van der Waals surface area contributed by atoms with Gasteiger partial charge in [-0.15, -0.1) is 0 Å². The molecular weight excluding hydrogens is 182 g/mol. The van der Waals surface area contributed by atoms with Gasteiger partial charge in [0, 0.05) is 6.42 Å². The van der Waals surface area contributed by atoms with Gasteiger partial charge >= 0.3 is 5.97 Å². The van der Waals surface area contributed by atoms with Crippen molar-refractivity contribution in [2.45, 2.75) is 19.8 Å². The number of ether oxygens (including phenoxy) is 1. The van der Waals surface area contributed by atoms with E-state index in [1.54, 1.807) is 0 Å². The van der Waals surface area contributed by atoms with Gasteiger partial charge < -0.3 is 14.3 Å². The number of carboxylic acid groups (broad SMARTS) is 1. The van der Waals surface area contributed by atoms with Crippen LogP contribution in [0.2, 0.25) is 0 Å². The van der Waals surface area contributed by atoms with Gasteiger partial charge in [0.05, 0.1) is 32.7 Å². The third kappa shape index (κ3) is 3.27. The van der Waals surface area contributed by atoms with Gasteiger partial charge in [-0.1, -0.05) is 0 Å². The number of morpholine rings is 1. The number of hydrogen-bond donors (Lipinski definition) is 1. The van der Waals surface area contributed by atoms with E-state index < -0.39 is 5.97 Å². The lowest BCUT2D eigenvalue weighted by Crippen LogP contribution is -2.55. The number of quaternary nitrogens is 1. The molecule has 0 radical (unpaired) electrons. The Bertz CT molecular complexity index is 188. The van der Waals surface area contributed by atoms with Crippen molar-refractivity contribution in [1.29, 1.82) is 0 Å². The van der Waals surface area contributed by atoms with Crippen molar-refractivity contribution >= 4 is 5.97 Å². The largest absolute Gasteiger partial charge is 0.481 e. The normalized spacial score (nSPS) is 20.6. The Kier molecular flexibility index (Phi) is 4.35. The van der Waals surface area contributed by atoms with E-state index in [1.165, 1.54) is 0 Å². The summed E-state index contributed by atoms with van der Waals surface area (Å²) in [4.78, 5) is 10.4. The van der Waals surface area contributed by atoms with E-state index in [1.807, 2.05) is 0 Å². The van der Waals surface area contributed by atoms with E-state index in [-0.39, 0.29) is 0 Å². The van der Waals surface area contributed by atoms with Crippen LogP contribution in [-0.2, 0) is 9.53 Å². The number of likely N-dealkylation sites (N-methyl/N-ethyl adjacent to an activating group) is 1. The first-order valence-electron chi connectivity index (χ1n) is 5.33. The second-order valence-corrected chi connectivity index (χ2v) is 3.94. The molecular formula is C10H20NO3+. The maximum Gasteiger partial charge on any atom is 0.303 e. The molecule has 1 heterocycles. The van der Waals surface area contributed by atoms with Crippen LogP contribution in [0.1, 0.15) is 19.8 Å². The zero-order chi connectivity index (χ0) is 10.4. The zero-order valence-corrected chi connectivity index (χ0v) is 8.87. The minimum atomic E-state index is -0.687. The Hall–Kier alpha value is -0.610. The van der Waals surface area contributed by atoms with Crippen LogP contribution in [0.25, 0.3) is 0 Å². The highest BCUT2D eigenvalue weighted by atomic mass is 16.5. The topological polar surface area (TPSA) is 46.5 Å². The molecule has 0 aromatic rings. The summed E-state index contributed by atoms with van der Waals surface area (Å²) in [6, 6.07) is 0. The second kappa shape index (κ2) is 5.32. The second-order valence-electron chi connectivity index (χ2n) is 3.94. The van der Waals surface area contributed by atoms with Crippen LogP contribution in [0.15, 0.2) is 0 Å². The highest BCUT2D eigenvalue weighted by Crippen LogP contribution is 2.12. The molecule has 0 bridgehead atoms. The van der Waals surface area contributed by atoms with Crippen LogP contribution in [0, 0.1) is 0 Å². The van der Waals surface area contributed by atoms with Crippen molar-refractivity contribution in [2.24, 2.45) is 0 Å². The van der Waals surface area contributed by atoms with Crippen LogP contribution in [0.3, 0.4) is 0 Å². The van der Waals surface area contributed by atoms with E-state index in [0.29, 0.717) is 6.42 Å². The molecule has 0 aliphatic carbocycles. The van der Waals surface area contributed by atoms with Gasteiger partial charge in [0.1, 0.15) is 13.1 Å². The molecule has 4 heteroatoms. The van der Waals surface area contributed by atoms with E-state index in [4.69, 9.17) is 9.84 Å². The van der Waals surface area contributed by atoms with Gasteiger partial charge in [-0.3, -0.25) is 4.79 Å². The van der Waals surface area contributed by atoms with Crippen molar-refractivity contribution in [2.75, 3.05) is 39.4 Å². The maximum atomic E-state index is 10.4. The van der Waals surface area contributed by atoms with E-state index in [9.17, 15) is 4.79 Å². The Balaban J connectivity index is 2.32. The standard InChI is InChI=1S/C10H19NO3/c1-2-11(5-3-4-10(12)13)6-8-14-9-7-11/h2-9H2,1H3/p+1. The third-order valence-corrected chi connectivity index (χ3v) is 3.11. The number of rotatable bonds is 5. The van der Waals surface area contributed by atoms with Crippen molar-refractivity contribution in [1.82, 2.24) is 0 Å². The molecule has 0 aromatic heterocycles. The molecule has 0 unspecified atom stereocenters. The monoisotopic (exact) mass is 202 g/mol. The average molecular weight is 202 g/mol. The highest BCUT2D eigenvalue weighted by Gasteiger charge is 2.27. The smallest absolute Gasteiger partial charge is 0.303 e. The molecule has 1 N–H and O–H groups in total. The number of aliphatic carboxylic acids is 1. The van der Waals surface area contributed by atoms with Gasteiger partial charge in [-0.2, -0.15) is 0 Å². The van der Waals surface area contributed by atoms with Crippen LogP contribution < -0.4 is 0 Å². The molecule has 1 saturated heterocycles. The molecule has 1 aliphatic rings. The van der Waals surface area contributed by atoms with Crippen LogP contribution in [-0.4, -0.2) is 55.0 Å². The van der Waals surface area contributed by atoms with Gasteiger partial charge in [0.25, 0.3) is 0 Å². The van der Waals surface area contributed by atoms with Crippen LogP contribution in [0.5, 0.6) is 0 Å². The molecule has 0 amide bonds. The lowest BCUT2D eigenvalue weighted by molar-refractivity contribution is -0.933. The summed E-state index contributed by atoms with van der Waals surface area (Å²) in [5.74, 6) is -0.687. The Morgan fingerprint density at radius 1 is 1.43 bits per heavy atom. The fourth-order valence-electron chi connectivity index (χ4n) is 1.99. The van der Waals surface area contributed by atoms with Crippen molar-refractivity contribution < 1.29 is 19.1 Å². The first kappa shape index (κ1) is 11.5. The molecule has 4 nitrogen and oxygen atoms in total. The van der Waals surface area contributed by atoms with Crippen molar-refractivity contribution in [3.63, 3.8) is 0 Å². The molecule has 1 aliphatic heterocycles. The minimum absolute atomic E-state index is 0.293. The third-order valence-electron chi connectivity index (χ3n) is 3.11. The molecule has 1 rings (SSSR count). The number of carbonyl (C=O) groups is 1. The Labute approximate surface area is 85.1 Å². The van der Waals surface area contributed by atoms with E-state index >= 15 is 0 Å². The van der Waals surface area contributed by atoms with Crippen LogP contribution >= 0.6 is 0 Å². The molecule has 0 spiro atoms. The zero-order valence-electron chi connectivity index (χ0n) is 8.87. The number of carboxylic acids is 1. The molecule has 1 fully saturated rings. The molecule has 0 atom stereocenters. The average Bonchev–Trinajstić information content (AvgIpc) is 2.19. The first-order chi connectivity index (χ1) is 6.68. The molecule has 14 heavy (non-hydrogen) atoms. The Morgan fingerprint density at radius 3 is 2.57 bits per heavy atom. The fourth-order valence-corrected chi connectivity index (χ4v) is 1.99. The summed E-state index contributed by atoms with van der Waals surface area (Å²) in [6.07, 6.45) is 1.07. The predicted molar refractivity (Wildman–Crippen MR) is 53.1 cm³/mol. The van der Waals surface area contributed by atoms with E-state index in [0.717, 1.165) is 50.3 Å². The van der Waals surface area contributed by atoms with Crippen molar-refractivity contribution in [3.8, 4) is 0 Å². The lowest BCUT2D eigenvalue weighted by Gasteiger charge is -2.40. The minimum Gasteiger partial charge on any atom is -0.481 e. The molecule has 0 saturated carbocycles. The lowest BCUT2D eigenvalue weighted by atomic mass is 10.2.